The molecule has 0 amide bonds. The lowest BCUT2D eigenvalue weighted by Gasteiger charge is -2.42. The largest absolute Gasteiger partial charge is 0.497 e. The van der Waals surface area contributed by atoms with Gasteiger partial charge in [0.1, 0.15) is 41.5 Å². The highest BCUT2D eigenvalue weighted by atomic mass is 16.7. The number of rotatable bonds is 9. The van der Waals surface area contributed by atoms with Crippen molar-refractivity contribution in [2.24, 2.45) is 0 Å². The van der Waals surface area contributed by atoms with E-state index in [9.17, 15) is 15.3 Å². The summed E-state index contributed by atoms with van der Waals surface area (Å²) in [4.78, 5) is 0. The molecule has 7 heteroatoms. The average Bonchev–Trinajstić information content (AvgIpc) is 3.00. The molecule has 1 fully saturated rings. The van der Waals surface area contributed by atoms with Crippen molar-refractivity contribution in [1.82, 2.24) is 0 Å². The van der Waals surface area contributed by atoms with E-state index in [2.05, 4.69) is 0 Å². The maximum atomic E-state index is 10.9. The summed E-state index contributed by atoms with van der Waals surface area (Å²) in [5.41, 5.74) is 1.62. The van der Waals surface area contributed by atoms with Crippen molar-refractivity contribution < 1.29 is 34.3 Å². The summed E-state index contributed by atoms with van der Waals surface area (Å²) in [6.45, 7) is -0.105. The van der Waals surface area contributed by atoms with E-state index in [0.29, 0.717) is 11.5 Å². The molecule has 0 aliphatic carbocycles. The molecule has 1 heterocycles. The monoisotopic (exact) mass is 528 g/mol. The fourth-order valence-corrected chi connectivity index (χ4v) is 4.92. The van der Waals surface area contributed by atoms with Crippen molar-refractivity contribution in [3.8, 4) is 11.5 Å². The van der Waals surface area contributed by atoms with Gasteiger partial charge < -0.3 is 34.3 Å². The number of aliphatic hydroxyl groups is 3. The maximum absolute atomic E-state index is 10.9. The van der Waals surface area contributed by atoms with Crippen LogP contribution in [0.15, 0.2) is 115 Å². The predicted molar refractivity (Wildman–Crippen MR) is 145 cm³/mol. The molecule has 7 nitrogen and oxygen atoms in total. The van der Waals surface area contributed by atoms with Crippen molar-refractivity contribution in [2.45, 2.75) is 36.3 Å². The van der Waals surface area contributed by atoms with Gasteiger partial charge in [-0.3, -0.25) is 0 Å². The second-order valence-electron chi connectivity index (χ2n) is 9.40. The zero-order valence-corrected chi connectivity index (χ0v) is 21.5. The topological polar surface area (TPSA) is 97.6 Å². The molecule has 0 bridgehead atoms. The third kappa shape index (κ3) is 5.54. The van der Waals surface area contributed by atoms with E-state index in [1.54, 1.807) is 31.4 Å². The van der Waals surface area contributed by atoms with Crippen LogP contribution in [0.5, 0.6) is 11.5 Å². The summed E-state index contributed by atoms with van der Waals surface area (Å²) in [5.74, 6) is 1.06. The summed E-state index contributed by atoms with van der Waals surface area (Å²) in [6, 6.07) is 36.2. The highest BCUT2D eigenvalue weighted by Crippen LogP contribution is 2.41. The molecule has 5 atom stereocenters. The van der Waals surface area contributed by atoms with Crippen molar-refractivity contribution >= 4 is 0 Å². The van der Waals surface area contributed by atoms with Gasteiger partial charge in [-0.15, -0.1) is 0 Å². The Morgan fingerprint density at radius 2 is 1.08 bits per heavy atom. The Labute approximate surface area is 227 Å². The van der Waals surface area contributed by atoms with Gasteiger partial charge in [-0.05, 0) is 41.0 Å². The Hall–Kier alpha value is -3.72. The van der Waals surface area contributed by atoms with Crippen molar-refractivity contribution in [1.29, 1.82) is 0 Å². The van der Waals surface area contributed by atoms with Crippen LogP contribution in [0.3, 0.4) is 0 Å². The third-order valence-electron chi connectivity index (χ3n) is 6.99. The van der Waals surface area contributed by atoms with Crippen LogP contribution in [-0.4, -0.2) is 59.7 Å². The molecule has 1 saturated heterocycles. The summed E-state index contributed by atoms with van der Waals surface area (Å²) in [6.07, 6.45) is -6.61. The zero-order valence-electron chi connectivity index (χ0n) is 21.5. The SMILES string of the molecule is COc1ccc(O[C@H]2O[C@H](COC(c3ccccc3)(c3ccccc3)c3ccccc3)[C@H](O)[C@H](O)[C@H]2O)cc1. The first-order valence-electron chi connectivity index (χ1n) is 12.8. The number of hydrogen-bond donors (Lipinski definition) is 3. The minimum Gasteiger partial charge on any atom is -0.497 e. The number of benzene rings is 4. The lowest BCUT2D eigenvalue weighted by molar-refractivity contribution is -0.283. The van der Waals surface area contributed by atoms with Gasteiger partial charge in [0.05, 0.1) is 13.7 Å². The number of ether oxygens (including phenoxy) is 4. The number of methoxy groups -OCH3 is 1. The van der Waals surface area contributed by atoms with Gasteiger partial charge in [-0.25, -0.2) is 0 Å². The van der Waals surface area contributed by atoms with Crippen LogP contribution in [0.4, 0.5) is 0 Å². The van der Waals surface area contributed by atoms with Crippen LogP contribution in [-0.2, 0) is 15.1 Å². The highest BCUT2D eigenvalue weighted by molar-refractivity contribution is 5.47. The van der Waals surface area contributed by atoms with Crippen LogP contribution in [0.25, 0.3) is 0 Å². The molecule has 0 saturated carbocycles. The number of aliphatic hydroxyl groups excluding tert-OH is 3. The molecule has 4 aromatic rings. The van der Waals surface area contributed by atoms with Crippen molar-refractivity contribution in [3.05, 3.63) is 132 Å². The van der Waals surface area contributed by atoms with Crippen LogP contribution >= 0.6 is 0 Å². The maximum Gasteiger partial charge on any atom is 0.229 e. The molecule has 0 spiro atoms. The molecular formula is C32H32O7. The quantitative estimate of drug-likeness (QED) is 0.284. The molecule has 39 heavy (non-hydrogen) atoms. The minimum absolute atomic E-state index is 0.105. The van der Waals surface area contributed by atoms with E-state index in [0.717, 1.165) is 16.7 Å². The molecule has 5 rings (SSSR count). The second-order valence-corrected chi connectivity index (χ2v) is 9.40. The lowest BCUT2D eigenvalue weighted by Crippen LogP contribution is -2.60. The molecule has 3 N–H and O–H groups in total. The molecular weight excluding hydrogens is 496 g/mol. The Bertz CT molecular complexity index is 1200. The third-order valence-corrected chi connectivity index (χ3v) is 6.99. The van der Waals surface area contributed by atoms with E-state index >= 15 is 0 Å². The zero-order chi connectivity index (χ0) is 27.2. The van der Waals surface area contributed by atoms with Crippen LogP contribution in [0.1, 0.15) is 16.7 Å². The lowest BCUT2D eigenvalue weighted by atomic mass is 9.80. The first kappa shape index (κ1) is 26.9. The van der Waals surface area contributed by atoms with Gasteiger partial charge >= 0.3 is 0 Å². The average molecular weight is 529 g/mol. The molecule has 0 unspecified atom stereocenters. The molecule has 1 aliphatic heterocycles. The van der Waals surface area contributed by atoms with E-state index in [1.807, 2.05) is 91.0 Å². The van der Waals surface area contributed by atoms with Crippen LogP contribution < -0.4 is 9.47 Å². The van der Waals surface area contributed by atoms with Crippen LogP contribution in [0.2, 0.25) is 0 Å². The van der Waals surface area contributed by atoms with E-state index in [1.165, 1.54) is 0 Å². The van der Waals surface area contributed by atoms with Crippen molar-refractivity contribution in [2.75, 3.05) is 13.7 Å². The van der Waals surface area contributed by atoms with Crippen LogP contribution in [0, 0.1) is 0 Å². The van der Waals surface area contributed by atoms with E-state index in [4.69, 9.17) is 18.9 Å². The Kier molecular flexibility index (Phi) is 8.26. The van der Waals surface area contributed by atoms with E-state index < -0.39 is 36.3 Å². The van der Waals surface area contributed by atoms with Gasteiger partial charge in [0.2, 0.25) is 6.29 Å². The fraction of sp³-hybridized carbons (Fsp3) is 0.250. The smallest absolute Gasteiger partial charge is 0.229 e. The Balaban J connectivity index is 1.46. The summed E-state index contributed by atoms with van der Waals surface area (Å²) < 4.78 is 23.8. The molecule has 4 aromatic carbocycles. The van der Waals surface area contributed by atoms with Gasteiger partial charge in [0.15, 0.2) is 0 Å². The summed E-state index contributed by atoms with van der Waals surface area (Å²) in [5, 5.41) is 32.2. The summed E-state index contributed by atoms with van der Waals surface area (Å²) >= 11 is 0. The first-order chi connectivity index (χ1) is 19.0. The molecule has 1 aliphatic rings. The standard InChI is InChI=1S/C32H32O7/c1-36-25-17-19-26(20-18-25)38-31-30(35)29(34)28(33)27(39-31)21-37-32(22-11-5-2-6-12-22,23-13-7-3-8-14-23)24-15-9-4-10-16-24/h2-20,27-31,33-35H,21H2,1H3/t27-,28+,29+,30-,31+/m1/s1. The normalized spacial score (nSPS) is 23.2. The van der Waals surface area contributed by atoms with E-state index in [-0.39, 0.29) is 6.61 Å². The molecule has 0 aromatic heterocycles. The van der Waals surface area contributed by atoms with Gasteiger partial charge in [-0.1, -0.05) is 91.0 Å². The molecule has 0 radical (unpaired) electrons. The van der Waals surface area contributed by atoms with Crippen molar-refractivity contribution in [3.63, 3.8) is 0 Å². The van der Waals surface area contributed by atoms with Gasteiger partial charge in [-0.2, -0.15) is 0 Å². The van der Waals surface area contributed by atoms with Gasteiger partial charge in [0, 0.05) is 0 Å². The summed E-state index contributed by atoms with van der Waals surface area (Å²) in [7, 11) is 1.56. The fourth-order valence-electron chi connectivity index (χ4n) is 4.92. The predicted octanol–water partition coefficient (Wildman–Crippen LogP) is 3.89. The minimum atomic E-state index is -1.50. The highest BCUT2D eigenvalue weighted by Gasteiger charge is 2.47. The molecule has 202 valence electrons. The van der Waals surface area contributed by atoms with Gasteiger partial charge in [0.25, 0.3) is 0 Å². The Morgan fingerprint density at radius 3 is 1.54 bits per heavy atom. The first-order valence-corrected chi connectivity index (χ1v) is 12.8. The Morgan fingerprint density at radius 1 is 0.615 bits per heavy atom. The number of hydrogen-bond acceptors (Lipinski definition) is 7. The second kappa shape index (κ2) is 12.0.